The fourth-order valence-corrected chi connectivity index (χ4v) is 1.67. The van der Waals surface area contributed by atoms with Gasteiger partial charge in [0.15, 0.2) is 5.75 Å². The van der Waals surface area contributed by atoms with Crippen LogP contribution in [0.25, 0.3) is 0 Å². The highest BCUT2D eigenvalue weighted by atomic mass is 16.6. The molecule has 0 aliphatic heterocycles. The first kappa shape index (κ1) is 14.7. The zero-order valence-electron chi connectivity index (χ0n) is 10.7. The van der Waals surface area contributed by atoms with E-state index in [-0.39, 0.29) is 17.3 Å². The first-order valence-electron chi connectivity index (χ1n) is 5.90. The van der Waals surface area contributed by atoms with E-state index in [1.54, 1.807) is 12.1 Å². The smallest absolute Gasteiger partial charge is 0.333 e. The molecule has 0 aliphatic rings. The number of nitrogens with one attached hydrogen (secondary N) is 1. The second kappa shape index (κ2) is 7.20. The molecule has 0 bridgehead atoms. The molecule has 1 aromatic carbocycles. The lowest BCUT2D eigenvalue weighted by atomic mass is 10.2. The average Bonchev–Trinajstić information content (AvgIpc) is 2.37. The Hall–Kier alpha value is -2.31. The molecule has 1 amide bonds. The number of primary amides is 1. The Morgan fingerprint density at radius 3 is 2.79 bits per heavy atom. The van der Waals surface area contributed by atoms with Crippen LogP contribution < -0.4 is 15.8 Å². The van der Waals surface area contributed by atoms with Gasteiger partial charge in [0, 0.05) is 13.0 Å². The summed E-state index contributed by atoms with van der Waals surface area (Å²) in [5, 5.41) is 14.0. The number of nitrogens with two attached hydrogens (primary N) is 1. The molecule has 1 rings (SSSR count). The molecular formula is C12H17N3O4. The van der Waals surface area contributed by atoms with Gasteiger partial charge in [-0.1, -0.05) is 6.07 Å². The predicted octanol–water partition coefficient (Wildman–Crippen LogP) is 1.67. The molecule has 7 nitrogen and oxygen atoms in total. The van der Waals surface area contributed by atoms with Crippen molar-refractivity contribution in [1.82, 2.24) is 0 Å². The van der Waals surface area contributed by atoms with E-state index in [0.717, 1.165) is 0 Å². The number of nitro benzene ring substituents is 1. The molecule has 0 aliphatic carbocycles. The van der Waals surface area contributed by atoms with E-state index in [9.17, 15) is 14.9 Å². The molecule has 0 radical (unpaired) electrons. The fourth-order valence-electron chi connectivity index (χ4n) is 1.67. The Balaban J connectivity index is 2.62. The maximum Gasteiger partial charge on any atom is 0.333 e. The van der Waals surface area contributed by atoms with Crippen LogP contribution in [-0.4, -0.2) is 24.5 Å². The van der Waals surface area contributed by atoms with Crippen LogP contribution >= 0.6 is 0 Å². The normalized spacial score (nSPS) is 9.95. The molecule has 104 valence electrons. The Kier molecular flexibility index (Phi) is 5.59. The van der Waals surface area contributed by atoms with Gasteiger partial charge in [0.05, 0.1) is 12.0 Å². The fraction of sp³-hybridized carbons (Fsp3) is 0.417. The molecule has 0 unspecified atom stereocenters. The number of benzene rings is 1. The minimum Gasteiger partial charge on any atom is -0.490 e. The quantitative estimate of drug-likeness (QED) is 0.423. The van der Waals surface area contributed by atoms with E-state index >= 15 is 0 Å². The number of amides is 1. The highest BCUT2D eigenvalue weighted by molar-refractivity contribution is 5.73. The second-order valence-corrected chi connectivity index (χ2v) is 3.96. The average molecular weight is 267 g/mol. The lowest BCUT2D eigenvalue weighted by Crippen LogP contribution is -2.11. The SMILES string of the molecule is COc1cccc(NCCCCC(N)=O)c1[N+](=O)[O-]. The van der Waals surface area contributed by atoms with E-state index in [2.05, 4.69) is 5.32 Å². The Bertz CT molecular complexity index is 462. The number of hydrogen-bond acceptors (Lipinski definition) is 5. The highest BCUT2D eigenvalue weighted by Crippen LogP contribution is 2.34. The molecule has 0 saturated carbocycles. The minimum absolute atomic E-state index is 0.0834. The van der Waals surface area contributed by atoms with Gasteiger partial charge in [0.25, 0.3) is 0 Å². The van der Waals surface area contributed by atoms with Gasteiger partial charge in [-0.3, -0.25) is 14.9 Å². The van der Waals surface area contributed by atoms with Gasteiger partial charge in [0.2, 0.25) is 5.91 Å². The molecule has 0 saturated heterocycles. The van der Waals surface area contributed by atoms with Crippen LogP contribution in [0.15, 0.2) is 18.2 Å². The van der Waals surface area contributed by atoms with Crippen molar-refractivity contribution in [2.45, 2.75) is 19.3 Å². The summed E-state index contributed by atoms with van der Waals surface area (Å²) in [6.07, 6.45) is 1.68. The van der Waals surface area contributed by atoms with Crippen LogP contribution in [-0.2, 0) is 4.79 Å². The summed E-state index contributed by atoms with van der Waals surface area (Å²) in [5.74, 6) is -0.125. The van der Waals surface area contributed by atoms with E-state index in [0.29, 0.717) is 31.5 Å². The second-order valence-electron chi connectivity index (χ2n) is 3.96. The molecule has 0 aromatic heterocycles. The summed E-state index contributed by atoms with van der Waals surface area (Å²) in [6, 6.07) is 4.84. The number of carbonyl (C=O) groups excluding carboxylic acids is 1. The maximum atomic E-state index is 11.0. The van der Waals surface area contributed by atoms with Crippen molar-refractivity contribution in [3.8, 4) is 5.75 Å². The number of anilines is 1. The number of ether oxygens (including phenoxy) is 1. The predicted molar refractivity (Wildman–Crippen MR) is 71.2 cm³/mol. The zero-order chi connectivity index (χ0) is 14.3. The Labute approximate surface area is 110 Å². The largest absolute Gasteiger partial charge is 0.490 e. The van der Waals surface area contributed by atoms with Gasteiger partial charge in [-0.15, -0.1) is 0 Å². The Morgan fingerprint density at radius 1 is 1.47 bits per heavy atom. The van der Waals surface area contributed by atoms with Crippen molar-refractivity contribution in [3.63, 3.8) is 0 Å². The van der Waals surface area contributed by atoms with Crippen molar-refractivity contribution in [2.75, 3.05) is 19.0 Å². The van der Waals surface area contributed by atoms with Gasteiger partial charge in [-0.2, -0.15) is 0 Å². The summed E-state index contributed by atoms with van der Waals surface area (Å²) in [5.41, 5.74) is 5.34. The topological polar surface area (TPSA) is 107 Å². The lowest BCUT2D eigenvalue weighted by molar-refractivity contribution is -0.384. The molecule has 0 spiro atoms. The van der Waals surface area contributed by atoms with Crippen molar-refractivity contribution in [3.05, 3.63) is 28.3 Å². The van der Waals surface area contributed by atoms with Crippen molar-refractivity contribution >= 4 is 17.3 Å². The molecule has 0 atom stereocenters. The van der Waals surface area contributed by atoms with Crippen LogP contribution in [0.4, 0.5) is 11.4 Å². The number of unbranched alkanes of at least 4 members (excludes halogenated alkanes) is 1. The van der Waals surface area contributed by atoms with Gasteiger partial charge < -0.3 is 15.8 Å². The van der Waals surface area contributed by atoms with Gasteiger partial charge in [-0.05, 0) is 25.0 Å². The standard InChI is InChI=1S/C12H17N3O4/c1-19-10-6-4-5-9(12(10)15(17)18)14-8-3-2-7-11(13)16/h4-6,14H,2-3,7-8H2,1H3,(H2,13,16). The van der Waals surface area contributed by atoms with Crippen LogP contribution in [0.5, 0.6) is 5.75 Å². The summed E-state index contributed by atoms with van der Waals surface area (Å²) in [6.45, 7) is 0.529. The van der Waals surface area contributed by atoms with E-state index < -0.39 is 4.92 Å². The number of hydrogen-bond donors (Lipinski definition) is 2. The lowest BCUT2D eigenvalue weighted by Gasteiger charge is -2.09. The molecule has 1 aromatic rings. The molecule has 0 heterocycles. The van der Waals surface area contributed by atoms with Crippen molar-refractivity contribution in [1.29, 1.82) is 0 Å². The van der Waals surface area contributed by atoms with Gasteiger partial charge in [0.1, 0.15) is 5.69 Å². The van der Waals surface area contributed by atoms with E-state index in [1.165, 1.54) is 13.2 Å². The molecule has 3 N–H and O–H groups in total. The van der Waals surface area contributed by atoms with Crippen molar-refractivity contribution < 1.29 is 14.5 Å². The summed E-state index contributed by atoms with van der Waals surface area (Å²) >= 11 is 0. The number of rotatable bonds is 8. The number of nitrogens with zero attached hydrogens (tertiary/aromatic N) is 1. The first-order chi connectivity index (χ1) is 9.06. The van der Waals surface area contributed by atoms with E-state index in [4.69, 9.17) is 10.5 Å². The third kappa shape index (κ3) is 4.46. The van der Waals surface area contributed by atoms with Crippen LogP contribution in [0.3, 0.4) is 0 Å². The van der Waals surface area contributed by atoms with E-state index in [1.807, 2.05) is 0 Å². The van der Waals surface area contributed by atoms with Crippen LogP contribution in [0.1, 0.15) is 19.3 Å². The Morgan fingerprint density at radius 2 is 2.21 bits per heavy atom. The number of carbonyl (C=O) groups is 1. The summed E-state index contributed by atoms with van der Waals surface area (Å²) < 4.78 is 4.96. The minimum atomic E-state index is -0.482. The summed E-state index contributed by atoms with van der Waals surface area (Å²) in [4.78, 5) is 21.1. The van der Waals surface area contributed by atoms with Crippen molar-refractivity contribution in [2.24, 2.45) is 5.73 Å². The molecule has 0 fully saturated rings. The maximum absolute atomic E-state index is 11.0. The molecular weight excluding hydrogens is 250 g/mol. The third-order valence-corrected chi connectivity index (χ3v) is 2.57. The number of nitro groups is 1. The molecule has 7 heteroatoms. The monoisotopic (exact) mass is 267 g/mol. The first-order valence-corrected chi connectivity index (χ1v) is 5.90. The third-order valence-electron chi connectivity index (χ3n) is 2.57. The van der Waals surface area contributed by atoms with Gasteiger partial charge >= 0.3 is 5.69 Å². The summed E-state index contributed by atoms with van der Waals surface area (Å²) in [7, 11) is 1.39. The van der Waals surface area contributed by atoms with Gasteiger partial charge in [-0.25, -0.2) is 0 Å². The number of para-hydroxylation sites is 1. The van der Waals surface area contributed by atoms with Crippen LogP contribution in [0, 0.1) is 10.1 Å². The number of methoxy groups -OCH3 is 1. The highest BCUT2D eigenvalue weighted by Gasteiger charge is 2.19. The van der Waals surface area contributed by atoms with Crippen LogP contribution in [0.2, 0.25) is 0 Å². The zero-order valence-corrected chi connectivity index (χ0v) is 10.7. The molecule has 19 heavy (non-hydrogen) atoms.